The first-order chi connectivity index (χ1) is 11.7. The first-order valence-electron chi connectivity index (χ1n) is 8.61. The van der Waals surface area contributed by atoms with Crippen LogP contribution in [0.5, 0.6) is 11.5 Å². The number of hydrogen-bond donors (Lipinski definition) is 2. The third-order valence-corrected chi connectivity index (χ3v) is 5.88. The molecular weight excluding hydrogens is 340 g/mol. The molecule has 0 saturated heterocycles. The second-order valence-electron chi connectivity index (χ2n) is 5.93. The predicted octanol–water partition coefficient (Wildman–Crippen LogP) is 4.45. The lowest BCUT2D eigenvalue weighted by atomic mass is 10.0. The number of nitrogens with one attached hydrogen (secondary N) is 2. The molecule has 0 aromatic heterocycles. The molecule has 1 aliphatic rings. The Morgan fingerprint density at radius 2 is 2.00 bits per heavy atom. The number of thioether (sulfide) groups is 1. The van der Waals surface area contributed by atoms with Crippen LogP contribution < -0.4 is 20.1 Å². The summed E-state index contributed by atoms with van der Waals surface area (Å²) in [5.74, 6) is 2.67. The van der Waals surface area contributed by atoms with Crippen molar-refractivity contribution in [3.63, 3.8) is 0 Å². The summed E-state index contributed by atoms with van der Waals surface area (Å²) in [5, 5.41) is 7.96. The minimum atomic E-state index is 0.626. The van der Waals surface area contributed by atoms with Gasteiger partial charge in [-0.25, -0.2) is 0 Å². The van der Waals surface area contributed by atoms with Crippen molar-refractivity contribution < 1.29 is 9.47 Å². The van der Waals surface area contributed by atoms with Crippen molar-refractivity contribution in [1.82, 2.24) is 5.32 Å². The Kier molecular flexibility index (Phi) is 8.53. The van der Waals surface area contributed by atoms with Gasteiger partial charge in [0, 0.05) is 17.9 Å². The number of thiocarbonyl (C=S) groups is 1. The van der Waals surface area contributed by atoms with E-state index >= 15 is 0 Å². The van der Waals surface area contributed by atoms with E-state index in [1.54, 1.807) is 14.2 Å². The second-order valence-corrected chi connectivity index (χ2v) is 7.75. The number of ether oxygens (including phenoxy) is 2. The standard InChI is InChI=1S/C18H28N2O2S2/c1-21-14-9-10-16(17(13-14)22-2)20-18(23)19-11-6-12-24-15-7-4-3-5-8-15/h9-10,13,15H,3-8,11-12H2,1-2H3,(H2,19,20,23). The summed E-state index contributed by atoms with van der Waals surface area (Å²) in [7, 11) is 3.28. The van der Waals surface area contributed by atoms with Crippen LogP contribution in [0.2, 0.25) is 0 Å². The summed E-state index contributed by atoms with van der Waals surface area (Å²) in [6, 6.07) is 5.63. The highest BCUT2D eigenvalue weighted by Gasteiger charge is 2.13. The van der Waals surface area contributed by atoms with Crippen LogP contribution in [0.15, 0.2) is 18.2 Å². The highest BCUT2D eigenvalue weighted by Crippen LogP contribution is 2.29. The van der Waals surface area contributed by atoms with E-state index in [0.29, 0.717) is 10.9 Å². The van der Waals surface area contributed by atoms with Gasteiger partial charge in [0.05, 0.1) is 19.9 Å². The lowest BCUT2D eigenvalue weighted by molar-refractivity contribution is 0.395. The molecule has 24 heavy (non-hydrogen) atoms. The van der Waals surface area contributed by atoms with E-state index in [9.17, 15) is 0 Å². The SMILES string of the molecule is COc1ccc(NC(=S)NCCCSC2CCCCC2)c(OC)c1. The van der Waals surface area contributed by atoms with Gasteiger partial charge in [0.2, 0.25) is 0 Å². The van der Waals surface area contributed by atoms with E-state index in [1.807, 2.05) is 18.2 Å². The van der Waals surface area contributed by atoms with Crippen LogP contribution in [0.3, 0.4) is 0 Å². The van der Waals surface area contributed by atoms with Gasteiger partial charge >= 0.3 is 0 Å². The van der Waals surface area contributed by atoms with E-state index < -0.39 is 0 Å². The van der Waals surface area contributed by atoms with Crippen LogP contribution in [0, 0.1) is 0 Å². The molecule has 2 N–H and O–H groups in total. The van der Waals surface area contributed by atoms with Crippen molar-refractivity contribution >= 4 is 34.8 Å². The van der Waals surface area contributed by atoms with Crippen LogP contribution in [0.1, 0.15) is 38.5 Å². The summed E-state index contributed by atoms with van der Waals surface area (Å²) in [6.45, 7) is 0.893. The maximum absolute atomic E-state index is 5.37. The summed E-state index contributed by atoms with van der Waals surface area (Å²) in [6.07, 6.45) is 8.17. The molecule has 1 fully saturated rings. The van der Waals surface area contributed by atoms with Gasteiger partial charge in [-0.2, -0.15) is 11.8 Å². The molecule has 0 bridgehead atoms. The molecule has 6 heteroatoms. The molecule has 0 aliphatic heterocycles. The van der Waals surface area contributed by atoms with E-state index in [1.165, 1.54) is 37.9 Å². The van der Waals surface area contributed by atoms with Gasteiger partial charge in [-0.15, -0.1) is 0 Å². The van der Waals surface area contributed by atoms with Gasteiger partial charge in [0.15, 0.2) is 5.11 Å². The fourth-order valence-electron chi connectivity index (χ4n) is 2.82. The Bertz CT molecular complexity index is 520. The molecular formula is C18H28N2O2S2. The lowest BCUT2D eigenvalue weighted by Crippen LogP contribution is -2.29. The van der Waals surface area contributed by atoms with Gasteiger partial charge < -0.3 is 20.1 Å². The Morgan fingerprint density at radius 1 is 1.21 bits per heavy atom. The summed E-state index contributed by atoms with van der Waals surface area (Å²) in [4.78, 5) is 0. The third-order valence-electron chi connectivity index (χ3n) is 4.17. The fourth-order valence-corrected chi connectivity index (χ4v) is 4.35. The number of anilines is 1. The molecule has 0 atom stereocenters. The smallest absolute Gasteiger partial charge is 0.170 e. The Balaban J connectivity index is 1.66. The zero-order valence-corrected chi connectivity index (χ0v) is 16.2. The monoisotopic (exact) mass is 368 g/mol. The summed E-state index contributed by atoms with van der Waals surface area (Å²) >= 11 is 7.49. The lowest BCUT2D eigenvalue weighted by Gasteiger charge is -2.21. The van der Waals surface area contributed by atoms with Gasteiger partial charge in [-0.1, -0.05) is 19.3 Å². The Labute approximate surface area is 155 Å². The van der Waals surface area contributed by atoms with Crippen molar-refractivity contribution in [2.24, 2.45) is 0 Å². The Hall–Kier alpha value is -1.14. The van der Waals surface area contributed by atoms with E-state index in [2.05, 4.69) is 22.4 Å². The van der Waals surface area contributed by atoms with E-state index in [4.69, 9.17) is 21.7 Å². The van der Waals surface area contributed by atoms with E-state index in [-0.39, 0.29) is 0 Å². The maximum Gasteiger partial charge on any atom is 0.170 e. The van der Waals surface area contributed by atoms with Crippen LogP contribution in [-0.4, -0.2) is 36.9 Å². The predicted molar refractivity (Wildman–Crippen MR) is 108 cm³/mol. The number of hydrogen-bond acceptors (Lipinski definition) is 4. The first-order valence-corrected chi connectivity index (χ1v) is 10.1. The maximum atomic E-state index is 5.37. The molecule has 4 nitrogen and oxygen atoms in total. The molecule has 1 aliphatic carbocycles. The third kappa shape index (κ3) is 6.40. The van der Waals surface area contributed by atoms with Crippen LogP contribution >= 0.6 is 24.0 Å². The molecule has 0 heterocycles. The molecule has 134 valence electrons. The zero-order chi connectivity index (χ0) is 17.2. The average Bonchev–Trinajstić information content (AvgIpc) is 2.62. The number of rotatable bonds is 8. The minimum absolute atomic E-state index is 0.626. The van der Waals surface area contributed by atoms with Crippen molar-refractivity contribution in [1.29, 1.82) is 0 Å². The molecule has 0 amide bonds. The number of benzene rings is 1. The topological polar surface area (TPSA) is 42.5 Å². The molecule has 2 rings (SSSR count). The van der Waals surface area contributed by atoms with Gasteiger partial charge in [-0.05, 0) is 49.4 Å². The van der Waals surface area contributed by atoms with Crippen molar-refractivity contribution in [2.45, 2.75) is 43.8 Å². The van der Waals surface area contributed by atoms with Gasteiger partial charge in [0.25, 0.3) is 0 Å². The molecule has 1 aromatic carbocycles. The van der Waals surface area contributed by atoms with Crippen LogP contribution in [0.25, 0.3) is 0 Å². The highest BCUT2D eigenvalue weighted by molar-refractivity contribution is 7.99. The van der Waals surface area contributed by atoms with Gasteiger partial charge in [0.1, 0.15) is 11.5 Å². The van der Waals surface area contributed by atoms with Crippen LogP contribution in [0.4, 0.5) is 5.69 Å². The minimum Gasteiger partial charge on any atom is -0.497 e. The normalized spacial score (nSPS) is 14.9. The first kappa shape index (κ1) is 19.2. The largest absolute Gasteiger partial charge is 0.497 e. The Morgan fingerprint density at radius 3 is 2.71 bits per heavy atom. The molecule has 1 saturated carbocycles. The quantitative estimate of drug-likeness (QED) is 0.522. The fraction of sp³-hybridized carbons (Fsp3) is 0.611. The molecule has 0 radical (unpaired) electrons. The number of methoxy groups -OCH3 is 2. The zero-order valence-electron chi connectivity index (χ0n) is 14.6. The molecule has 0 spiro atoms. The highest BCUT2D eigenvalue weighted by atomic mass is 32.2. The van der Waals surface area contributed by atoms with Gasteiger partial charge in [-0.3, -0.25) is 0 Å². The molecule has 1 aromatic rings. The average molecular weight is 369 g/mol. The second kappa shape index (κ2) is 10.7. The molecule has 0 unspecified atom stereocenters. The summed E-state index contributed by atoms with van der Waals surface area (Å²) < 4.78 is 10.6. The van der Waals surface area contributed by atoms with E-state index in [0.717, 1.165) is 29.7 Å². The van der Waals surface area contributed by atoms with Crippen molar-refractivity contribution in [2.75, 3.05) is 31.8 Å². The van der Waals surface area contributed by atoms with Crippen molar-refractivity contribution in [3.8, 4) is 11.5 Å². The summed E-state index contributed by atoms with van der Waals surface area (Å²) in [5.41, 5.74) is 0.840. The van der Waals surface area contributed by atoms with Crippen LogP contribution in [-0.2, 0) is 0 Å². The van der Waals surface area contributed by atoms with Crippen molar-refractivity contribution in [3.05, 3.63) is 18.2 Å².